The van der Waals surface area contributed by atoms with E-state index in [9.17, 15) is 13.2 Å². The quantitative estimate of drug-likeness (QED) is 0.501. The summed E-state index contributed by atoms with van der Waals surface area (Å²) in [5, 5.41) is 3.87. The maximum absolute atomic E-state index is 12.1. The van der Waals surface area contributed by atoms with Gasteiger partial charge in [0.1, 0.15) is 6.54 Å². The van der Waals surface area contributed by atoms with Crippen LogP contribution in [0.4, 0.5) is 5.69 Å². The second-order valence-electron chi connectivity index (χ2n) is 5.04. The number of nitrogens with zero attached hydrogens (tertiary/aromatic N) is 2. The first-order chi connectivity index (χ1) is 11.8. The maximum atomic E-state index is 12.1. The fourth-order valence-electron chi connectivity index (χ4n) is 1.95. The number of sulfonamides is 1. The Morgan fingerprint density at radius 2 is 1.72 bits per heavy atom. The van der Waals surface area contributed by atoms with Crippen LogP contribution in [0, 0.1) is 0 Å². The summed E-state index contributed by atoms with van der Waals surface area (Å²) < 4.78 is 26.5. The van der Waals surface area contributed by atoms with E-state index < -0.39 is 15.9 Å². The molecule has 0 saturated carbocycles. The Hall–Kier alpha value is -1.71. The van der Waals surface area contributed by atoms with Gasteiger partial charge in [-0.3, -0.25) is 9.10 Å². The van der Waals surface area contributed by atoms with Gasteiger partial charge in [0.2, 0.25) is 10.0 Å². The van der Waals surface area contributed by atoms with Crippen LogP contribution < -0.4 is 9.73 Å². The van der Waals surface area contributed by atoms with Crippen LogP contribution in [0.5, 0.6) is 0 Å². The lowest BCUT2D eigenvalue weighted by atomic mass is 10.2. The van der Waals surface area contributed by atoms with Crippen LogP contribution >= 0.6 is 31.9 Å². The van der Waals surface area contributed by atoms with E-state index in [1.807, 2.05) is 24.3 Å². The number of hydrazone groups is 1. The molecule has 132 valence electrons. The van der Waals surface area contributed by atoms with Gasteiger partial charge in [0.25, 0.3) is 5.91 Å². The largest absolute Gasteiger partial charge is 0.271 e. The molecule has 0 unspecified atom stereocenters. The highest BCUT2D eigenvalue weighted by atomic mass is 79.9. The first kappa shape index (κ1) is 19.6. The minimum atomic E-state index is -3.64. The summed E-state index contributed by atoms with van der Waals surface area (Å²) >= 11 is 6.67. The normalized spacial score (nSPS) is 11.5. The Morgan fingerprint density at radius 3 is 2.32 bits per heavy atom. The summed E-state index contributed by atoms with van der Waals surface area (Å²) in [6.07, 6.45) is 2.52. The van der Waals surface area contributed by atoms with Crippen molar-refractivity contribution < 1.29 is 13.2 Å². The molecule has 0 aliphatic heterocycles. The molecule has 1 N–H and O–H groups in total. The number of para-hydroxylation sites is 1. The highest BCUT2D eigenvalue weighted by molar-refractivity contribution is 9.11. The third-order valence-corrected chi connectivity index (χ3v) is 5.63. The molecule has 9 heteroatoms. The van der Waals surface area contributed by atoms with Crippen molar-refractivity contribution in [3.8, 4) is 0 Å². The number of hydrogen-bond donors (Lipinski definition) is 1. The molecule has 0 heterocycles. The molecule has 2 aromatic carbocycles. The molecule has 2 aromatic rings. The standard InChI is InChI=1S/C16H15Br2N3O3S/c1-25(23,24)21(15-9-5-4-8-14(15)18)11-16(22)20-19-10-12-6-2-3-7-13(12)17/h2-10H,11H2,1H3,(H,20,22)/b19-10-. The van der Waals surface area contributed by atoms with E-state index in [-0.39, 0.29) is 6.54 Å². The smallest absolute Gasteiger partial charge is 0.260 e. The van der Waals surface area contributed by atoms with E-state index in [0.717, 1.165) is 20.6 Å². The van der Waals surface area contributed by atoms with E-state index in [2.05, 4.69) is 42.4 Å². The zero-order valence-corrected chi connectivity index (χ0v) is 17.2. The van der Waals surface area contributed by atoms with Crippen LogP contribution in [-0.4, -0.2) is 33.3 Å². The monoisotopic (exact) mass is 487 g/mol. The van der Waals surface area contributed by atoms with E-state index >= 15 is 0 Å². The molecule has 0 bridgehead atoms. The highest BCUT2D eigenvalue weighted by Crippen LogP contribution is 2.27. The number of halogens is 2. The van der Waals surface area contributed by atoms with Gasteiger partial charge in [-0.2, -0.15) is 5.10 Å². The predicted octanol–water partition coefficient (Wildman–Crippen LogP) is 3.13. The van der Waals surface area contributed by atoms with Crippen molar-refractivity contribution in [2.45, 2.75) is 0 Å². The van der Waals surface area contributed by atoms with Crippen LogP contribution in [0.1, 0.15) is 5.56 Å². The minimum absolute atomic E-state index is 0.380. The summed E-state index contributed by atoms with van der Waals surface area (Å²) in [5.41, 5.74) is 3.51. The molecule has 1 amide bonds. The molecule has 0 saturated heterocycles. The molecule has 0 radical (unpaired) electrons. The van der Waals surface area contributed by atoms with Gasteiger partial charge in [0, 0.05) is 14.5 Å². The van der Waals surface area contributed by atoms with Gasteiger partial charge in [-0.1, -0.05) is 46.3 Å². The number of hydrogen-bond acceptors (Lipinski definition) is 4. The summed E-state index contributed by atoms with van der Waals surface area (Å²) in [4.78, 5) is 12.1. The van der Waals surface area contributed by atoms with Crippen molar-refractivity contribution >= 4 is 59.7 Å². The Labute approximate surface area is 163 Å². The first-order valence-electron chi connectivity index (χ1n) is 7.07. The zero-order chi connectivity index (χ0) is 18.4. The molecule has 0 spiro atoms. The number of carbonyl (C=O) groups is 1. The van der Waals surface area contributed by atoms with E-state index in [1.165, 1.54) is 6.21 Å². The molecule has 6 nitrogen and oxygen atoms in total. The van der Waals surface area contributed by atoms with E-state index in [4.69, 9.17) is 0 Å². The van der Waals surface area contributed by atoms with Crippen LogP contribution in [0.3, 0.4) is 0 Å². The third-order valence-electron chi connectivity index (χ3n) is 3.11. The van der Waals surface area contributed by atoms with Gasteiger partial charge in [-0.05, 0) is 34.1 Å². The van der Waals surface area contributed by atoms with Crippen LogP contribution in [0.15, 0.2) is 62.6 Å². The Morgan fingerprint density at radius 1 is 1.12 bits per heavy atom. The maximum Gasteiger partial charge on any atom is 0.260 e. The summed E-state index contributed by atoms with van der Waals surface area (Å²) in [6.45, 7) is -0.380. The van der Waals surface area contributed by atoms with Crippen LogP contribution in [-0.2, 0) is 14.8 Å². The van der Waals surface area contributed by atoms with Crippen molar-refractivity contribution in [2.75, 3.05) is 17.1 Å². The lowest BCUT2D eigenvalue weighted by Crippen LogP contribution is -2.39. The second-order valence-corrected chi connectivity index (χ2v) is 8.65. The number of carbonyl (C=O) groups excluding carboxylic acids is 1. The van der Waals surface area contributed by atoms with Gasteiger partial charge >= 0.3 is 0 Å². The fourth-order valence-corrected chi connectivity index (χ4v) is 3.83. The fraction of sp³-hybridized carbons (Fsp3) is 0.125. The Kier molecular flexibility index (Phi) is 6.74. The number of anilines is 1. The van der Waals surface area contributed by atoms with Crippen molar-refractivity contribution in [1.29, 1.82) is 0 Å². The Balaban J connectivity index is 2.11. The summed E-state index contributed by atoms with van der Waals surface area (Å²) in [5.74, 6) is -0.551. The topological polar surface area (TPSA) is 78.8 Å². The first-order valence-corrected chi connectivity index (χ1v) is 10.5. The third kappa shape index (κ3) is 5.65. The van der Waals surface area contributed by atoms with Gasteiger partial charge in [-0.15, -0.1) is 0 Å². The van der Waals surface area contributed by atoms with Crippen molar-refractivity contribution in [1.82, 2.24) is 5.43 Å². The lowest BCUT2D eigenvalue weighted by Gasteiger charge is -2.22. The average molecular weight is 489 g/mol. The molecule has 0 atom stereocenters. The number of benzene rings is 2. The highest BCUT2D eigenvalue weighted by Gasteiger charge is 2.22. The van der Waals surface area contributed by atoms with Crippen molar-refractivity contribution in [3.05, 3.63) is 63.0 Å². The molecular weight excluding hydrogens is 474 g/mol. The average Bonchev–Trinajstić information content (AvgIpc) is 2.54. The SMILES string of the molecule is CS(=O)(=O)N(CC(=O)N/N=C\c1ccccc1Br)c1ccccc1Br. The van der Waals surface area contributed by atoms with Gasteiger partial charge in [0.15, 0.2) is 0 Å². The van der Waals surface area contributed by atoms with Crippen LogP contribution in [0.2, 0.25) is 0 Å². The van der Waals surface area contributed by atoms with Crippen LogP contribution in [0.25, 0.3) is 0 Å². The molecule has 0 aliphatic carbocycles. The van der Waals surface area contributed by atoms with Crippen molar-refractivity contribution in [2.24, 2.45) is 5.10 Å². The minimum Gasteiger partial charge on any atom is -0.271 e. The molecule has 2 rings (SSSR count). The van der Waals surface area contributed by atoms with E-state index in [1.54, 1.807) is 24.3 Å². The molecular formula is C16H15Br2N3O3S. The Bertz CT molecular complexity index is 901. The number of amides is 1. The molecule has 0 aliphatic rings. The molecule has 25 heavy (non-hydrogen) atoms. The summed E-state index contributed by atoms with van der Waals surface area (Å²) in [7, 11) is -3.64. The second kappa shape index (κ2) is 8.59. The predicted molar refractivity (Wildman–Crippen MR) is 106 cm³/mol. The van der Waals surface area contributed by atoms with Gasteiger partial charge in [0.05, 0.1) is 18.2 Å². The van der Waals surface area contributed by atoms with Crippen molar-refractivity contribution in [3.63, 3.8) is 0 Å². The number of nitrogens with one attached hydrogen (secondary N) is 1. The summed E-state index contributed by atoms with van der Waals surface area (Å²) in [6, 6.07) is 14.1. The number of rotatable bonds is 6. The lowest BCUT2D eigenvalue weighted by molar-refractivity contribution is -0.119. The zero-order valence-electron chi connectivity index (χ0n) is 13.2. The van der Waals surface area contributed by atoms with E-state index in [0.29, 0.717) is 10.2 Å². The van der Waals surface area contributed by atoms with Gasteiger partial charge in [-0.25, -0.2) is 13.8 Å². The molecule has 0 fully saturated rings. The van der Waals surface area contributed by atoms with Gasteiger partial charge < -0.3 is 0 Å². The molecule has 0 aromatic heterocycles.